The molecule has 16 heteroatoms. The number of hydrogen-bond acceptors (Lipinski definition) is 9. The van der Waals surface area contributed by atoms with Crippen LogP contribution in [0.5, 0.6) is 0 Å². The maximum Gasteiger partial charge on any atom is 0.407 e. The zero-order valence-corrected chi connectivity index (χ0v) is 36.5. The van der Waals surface area contributed by atoms with Crippen molar-refractivity contribution < 1.29 is 33.8 Å². The number of aromatic nitrogens is 4. The van der Waals surface area contributed by atoms with Crippen LogP contribution in [0.4, 0.5) is 9.59 Å². The van der Waals surface area contributed by atoms with E-state index >= 15 is 0 Å². The number of rotatable bonds is 11. The summed E-state index contributed by atoms with van der Waals surface area (Å²) in [6, 6.07) is 17.0. The van der Waals surface area contributed by atoms with Gasteiger partial charge < -0.3 is 45.0 Å². The number of imidazole rings is 2. The summed E-state index contributed by atoms with van der Waals surface area (Å²) < 4.78 is 9.56. The van der Waals surface area contributed by atoms with Crippen LogP contribution >= 0.6 is 0 Å². The number of aliphatic hydroxyl groups is 1. The first-order chi connectivity index (χ1) is 28.6. The molecule has 2 fully saturated rings. The Bertz CT molecular complexity index is 2390. The first-order valence-electron chi connectivity index (χ1n) is 20.6. The van der Waals surface area contributed by atoms with E-state index in [2.05, 4.69) is 82.2 Å². The third-order valence-corrected chi connectivity index (χ3v) is 14.6. The molecule has 4 heterocycles. The number of carbonyl (C=O) groups is 4. The predicted molar refractivity (Wildman–Crippen MR) is 231 cm³/mol. The number of amides is 4. The molecule has 5 aromatic rings. The van der Waals surface area contributed by atoms with E-state index in [0.29, 0.717) is 24.4 Å². The van der Waals surface area contributed by atoms with Crippen LogP contribution in [-0.2, 0) is 19.1 Å². The van der Waals surface area contributed by atoms with E-state index in [1.54, 1.807) is 29.8 Å². The molecule has 2 aromatic heterocycles. The molecule has 0 aliphatic carbocycles. The SMILES string of the molecule is COC(=O)N[C@H](C(=O)N1CCC[C@H]1c1ncc(-c2ccc(-c3ccc4c(ccc5[nH]c([C@@H]6C[Si](C)(C)CN6C(=O)[C@H](NC(=O)OC)[C@@H](O)C(C)C)nc54)c3)cc2)[nH]1)C(C)C. The van der Waals surface area contributed by atoms with Crippen LogP contribution in [0.3, 0.4) is 0 Å². The summed E-state index contributed by atoms with van der Waals surface area (Å²) in [5.41, 5.74) is 5.57. The summed E-state index contributed by atoms with van der Waals surface area (Å²) in [7, 11) is 0.640. The number of nitrogens with zero attached hydrogens (tertiary/aromatic N) is 4. The Morgan fingerprint density at radius 2 is 1.45 bits per heavy atom. The number of nitrogens with one attached hydrogen (secondary N) is 4. The molecule has 15 nitrogen and oxygen atoms in total. The second-order valence-electron chi connectivity index (χ2n) is 17.5. The van der Waals surface area contributed by atoms with Gasteiger partial charge in [-0.05, 0) is 64.9 Å². The number of fused-ring (bicyclic) bond motifs is 3. The molecule has 7 rings (SSSR count). The number of aromatic amines is 2. The maximum absolute atomic E-state index is 14.1. The molecule has 5 atom stereocenters. The van der Waals surface area contributed by atoms with Gasteiger partial charge in [0.15, 0.2) is 0 Å². The number of alkyl carbamates (subject to hydrolysis) is 2. The Kier molecular flexibility index (Phi) is 12.1. The first kappa shape index (κ1) is 42.4. The highest BCUT2D eigenvalue weighted by atomic mass is 28.3. The van der Waals surface area contributed by atoms with Crippen LogP contribution in [-0.4, -0.2) is 112 Å². The van der Waals surface area contributed by atoms with Gasteiger partial charge in [0.05, 0.1) is 63.4 Å². The van der Waals surface area contributed by atoms with Gasteiger partial charge in [-0.3, -0.25) is 9.59 Å². The van der Waals surface area contributed by atoms with Gasteiger partial charge in [0.1, 0.15) is 23.7 Å². The zero-order valence-electron chi connectivity index (χ0n) is 35.5. The lowest BCUT2D eigenvalue weighted by Crippen LogP contribution is -2.56. The Morgan fingerprint density at radius 1 is 0.800 bits per heavy atom. The standard InChI is InChI=1S/C44H56N8O7Si/c1-24(2)35(49-43(56)58-5)41(54)51-19-9-10-33(51)39-45-21-32(47-39)27-13-11-26(12-14-27)28-15-17-30-29(20-28)16-18-31-36(30)48-40(46-31)34-22-60(7,8)23-52(34)42(55)37(38(53)25(3)4)50-44(57)59-6/h11-18,20-21,24-25,33-35,37-38,53H,9-10,19,22-23H2,1-8H3,(H,45,47)(H,46,48)(H,49,56)(H,50,57)/t33-,34-,35-,37+,38-/m0/s1. The van der Waals surface area contributed by atoms with Gasteiger partial charge in [-0.1, -0.05) is 83.3 Å². The molecular formula is C44H56N8O7Si. The van der Waals surface area contributed by atoms with Crippen LogP contribution in [0.25, 0.3) is 44.2 Å². The fourth-order valence-electron chi connectivity index (χ4n) is 8.63. The van der Waals surface area contributed by atoms with Gasteiger partial charge in [-0.25, -0.2) is 19.6 Å². The van der Waals surface area contributed by atoms with Crippen molar-refractivity contribution in [2.45, 2.75) is 89.9 Å². The van der Waals surface area contributed by atoms with Crippen molar-refractivity contribution in [2.24, 2.45) is 11.8 Å². The van der Waals surface area contributed by atoms with Crippen molar-refractivity contribution in [3.63, 3.8) is 0 Å². The van der Waals surface area contributed by atoms with Crippen LogP contribution in [0.15, 0.2) is 60.8 Å². The normalized spacial score (nSPS) is 19.2. The predicted octanol–water partition coefficient (Wildman–Crippen LogP) is 6.69. The van der Waals surface area contributed by atoms with E-state index < -0.39 is 38.4 Å². The van der Waals surface area contributed by atoms with E-state index in [0.717, 1.165) is 63.1 Å². The van der Waals surface area contributed by atoms with E-state index in [-0.39, 0.29) is 35.7 Å². The quantitative estimate of drug-likeness (QED) is 0.0902. The maximum atomic E-state index is 14.1. The number of benzene rings is 3. The molecule has 2 aliphatic rings. The fraction of sp³-hybridized carbons (Fsp3) is 0.455. The largest absolute Gasteiger partial charge is 0.453 e. The number of aliphatic hydroxyl groups excluding tert-OH is 1. The highest BCUT2D eigenvalue weighted by Gasteiger charge is 2.47. The molecule has 0 saturated carbocycles. The Labute approximate surface area is 350 Å². The molecule has 3 aromatic carbocycles. The lowest BCUT2D eigenvalue weighted by atomic mass is 9.98. The topological polar surface area (TPSA) is 195 Å². The Balaban J connectivity index is 1.10. The second-order valence-corrected chi connectivity index (χ2v) is 22.6. The summed E-state index contributed by atoms with van der Waals surface area (Å²) >= 11 is 0. The summed E-state index contributed by atoms with van der Waals surface area (Å²) in [6.07, 6.45) is 1.48. The minimum Gasteiger partial charge on any atom is -0.453 e. The second kappa shape index (κ2) is 17.1. The summed E-state index contributed by atoms with van der Waals surface area (Å²) in [5.74, 6) is 0.511. The number of H-pyrrole nitrogens is 2. The van der Waals surface area contributed by atoms with Gasteiger partial charge in [-0.15, -0.1) is 0 Å². The lowest BCUT2D eigenvalue weighted by molar-refractivity contribution is -0.138. The highest BCUT2D eigenvalue weighted by Crippen LogP contribution is 2.40. The highest BCUT2D eigenvalue weighted by molar-refractivity contribution is 6.78. The molecule has 60 heavy (non-hydrogen) atoms. The Morgan fingerprint density at radius 3 is 2.12 bits per heavy atom. The number of methoxy groups -OCH3 is 2. The van der Waals surface area contributed by atoms with Crippen LogP contribution in [0.2, 0.25) is 19.1 Å². The van der Waals surface area contributed by atoms with Crippen molar-refractivity contribution in [1.29, 1.82) is 0 Å². The molecule has 0 unspecified atom stereocenters. The number of carbonyl (C=O) groups excluding carboxylic acids is 4. The monoisotopic (exact) mass is 836 g/mol. The van der Waals surface area contributed by atoms with Crippen molar-refractivity contribution in [1.82, 2.24) is 40.4 Å². The third-order valence-electron chi connectivity index (χ3n) is 11.9. The summed E-state index contributed by atoms with van der Waals surface area (Å²) in [6.45, 7) is 12.5. The number of hydrogen-bond donors (Lipinski definition) is 5. The molecule has 2 saturated heterocycles. The van der Waals surface area contributed by atoms with Crippen LogP contribution < -0.4 is 10.6 Å². The summed E-state index contributed by atoms with van der Waals surface area (Å²) in [4.78, 5) is 72.3. The molecular weight excluding hydrogens is 781 g/mol. The molecule has 2 aliphatic heterocycles. The summed E-state index contributed by atoms with van der Waals surface area (Å²) in [5, 5.41) is 18.3. The Hall–Kier alpha value is -5.74. The molecule has 318 valence electrons. The number of likely N-dealkylation sites (tertiary alicyclic amines) is 1. The average Bonchev–Trinajstić information content (AvgIpc) is 4.06. The van der Waals surface area contributed by atoms with Gasteiger partial charge in [0, 0.05) is 18.1 Å². The van der Waals surface area contributed by atoms with Crippen LogP contribution in [0.1, 0.15) is 64.3 Å². The molecule has 0 radical (unpaired) electrons. The third kappa shape index (κ3) is 8.48. The van der Waals surface area contributed by atoms with E-state index in [4.69, 9.17) is 19.4 Å². The molecule has 0 bridgehead atoms. The van der Waals surface area contributed by atoms with Crippen molar-refractivity contribution in [3.8, 4) is 22.4 Å². The molecule has 4 amide bonds. The van der Waals surface area contributed by atoms with E-state index in [9.17, 15) is 24.3 Å². The van der Waals surface area contributed by atoms with Crippen molar-refractivity contribution in [3.05, 3.63) is 72.4 Å². The zero-order chi connectivity index (χ0) is 43.0. The van der Waals surface area contributed by atoms with E-state index in [1.807, 2.05) is 19.9 Å². The van der Waals surface area contributed by atoms with Gasteiger partial charge in [0.25, 0.3) is 0 Å². The first-order valence-corrected chi connectivity index (χ1v) is 24.1. The van der Waals surface area contributed by atoms with Crippen molar-refractivity contribution in [2.75, 3.05) is 26.9 Å². The van der Waals surface area contributed by atoms with Gasteiger partial charge in [0.2, 0.25) is 11.8 Å². The smallest absolute Gasteiger partial charge is 0.407 e. The fourth-order valence-corrected chi connectivity index (χ4v) is 11.5. The minimum atomic E-state index is -1.88. The van der Waals surface area contributed by atoms with Gasteiger partial charge in [-0.2, -0.15) is 0 Å². The van der Waals surface area contributed by atoms with Gasteiger partial charge >= 0.3 is 12.2 Å². The minimum absolute atomic E-state index is 0.115. The number of ether oxygens (including phenoxy) is 2. The average molecular weight is 837 g/mol. The van der Waals surface area contributed by atoms with Crippen molar-refractivity contribution >= 4 is 53.9 Å². The lowest BCUT2D eigenvalue weighted by Gasteiger charge is -2.32. The molecule has 0 spiro atoms. The van der Waals surface area contributed by atoms with E-state index in [1.165, 1.54) is 14.2 Å². The molecule has 5 N–H and O–H groups in total. The van der Waals surface area contributed by atoms with Crippen LogP contribution in [0, 0.1) is 11.8 Å².